The van der Waals surface area contributed by atoms with Crippen molar-refractivity contribution in [2.75, 3.05) is 28.4 Å². The quantitative estimate of drug-likeness (QED) is 0.0382. The van der Waals surface area contributed by atoms with Gasteiger partial charge in [-0.05, 0) is 198 Å². The van der Waals surface area contributed by atoms with Gasteiger partial charge in [0.05, 0.1) is 51.3 Å². The molecule has 20 nitrogen and oxygen atoms in total. The van der Waals surface area contributed by atoms with Gasteiger partial charge in [-0.2, -0.15) is 0 Å². The molecule has 2 atom stereocenters. The van der Waals surface area contributed by atoms with Crippen LogP contribution in [0, 0.1) is 39.5 Å². The van der Waals surface area contributed by atoms with Crippen molar-refractivity contribution in [1.29, 1.82) is 0 Å². The van der Waals surface area contributed by atoms with E-state index in [2.05, 4.69) is 53.7 Å². The summed E-state index contributed by atoms with van der Waals surface area (Å²) in [5.74, 6) is -3.37. The molecule has 4 aliphatic heterocycles. The van der Waals surface area contributed by atoms with E-state index in [9.17, 15) is 38.4 Å². The van der Waals surface area contributed by atoms with E-state index >= 15 is 0 Å². The molecule has 4 amide bonds. The number of carbonyl (C=O) groups excluding carboxylic acids is 8. The first-order valence-corrected chi connectivity index (χ1v) is 29.9. The van der Waals surface area contributed by atoms with Crippen molar-refractivity contribution in [2.24, 2.45) is 21.8 Å². The number of hydrogen-bond acceptors (Lipinski definition) is 12. The molecule has 1 fully saturated rings. The molecule has 0 unspecified atom stereocenters. The highest BCUT2D eigenvalue weighted by Gasteiger charge is 2.45. The van der Waals surface area contributed by atoms with Gasteiger partial charge in [0.1, 0.15) is 0 Å². The zero-order chi connectivity index (χ0) is 65.2. The summed E-state index contributed by atoms with van der Waals surface area (Å²) in [5, 5.41) is 8.51. The largest absolute Gasteiger partial charge is 0.469 e. The van der Waals surface area contributed by atoms with Crippen molar-refractivity contribution in [2.45, 2.75) is 120 Å². The Balaban J connectivity index is 1.06. The van der Waals surface area contributed by atoms with Crippen LogP contribution in [0.5, 0.6) is 0 Å². The number of H-pyrrole nitrogens is 4. The van der Waals surface area contributed by atoms with Gasteiger partial charge in [-0.3, -0.25) is 38.4 Å². The van der Waals surface area contributed by atoms with E-state index in [-0.39, 0.29) is 73.1 Å². The molecule has 1 aliphatic carbocycles. The van der Waals surface area contributed by atoms with Gasteiger partial charge < -0.3 is 49.5 Å². The summed E-state index contributed by atoms with van der Waals surface area (Å²) in [4.78, 5) is 127. The van der Waals surface area contributed by atoms with Crippen molar-refractivity contribution < 1.29 is 57.3 Å². The number of nitrogens with zero attached hydrogens (tertiary/aromatic N) is 2. The lowest BCUT2D eigenvalue weighted by atomic mass is 9.64. The van der Waals surface area contributed by atoms with E-state index in [1.54, 1.807) is 26.0 Å². The van der Waals surface area contributed by atoms with Crippen LogP contribution in [-0.2, 0) is 83.0 Å². The van der Waals surface area contributed by atoms with Gasteiger partial charge in [-0.15, -0.1) is 0 Å². The number of hydrogen-bond donors (Lipinski definition) is 6. The second-order valence-corrected chi connectivity index (χ2v) is 23.1. The van der Waals surface area contributed by atoms with Crippen molar-refractivity contribution in [3.63, 3.8) is 0 Å². The highest BCUT2D eigenvalue weighted by atomic mass is 16.5. The van der Waals surface area contributed by atoms with Gasteiger partial charge >= 0.3 is 23.9 Å². The first-order valence-electron chi connectivity index (χ1n) is 29.9. The molecule has 0 spiro atoms. The highest BCUT2D eigenvalue weighted by Crippen LogP contribution is 2.49. The summed E-state index contributed by atoms with van der Waals surface area (Å²) in [6, 6.07) is 0. The molecular weight excluding hydrogens is 1140 g/mol. The number of rotatable bonds is 22. The topological polar surface area (TPSA) is 285 Å². The average Bonchev–Trinajstić information content (AvgIpc) is 1.61. The minimum absolute atomic E-state index is 0.0853. The molecule has 0 bridgehead atoms. The second-order valence-electron chi connectivity index (χ2n) is 23.1. The Morgan fingerprint density at radius 2 is 0.767 bits per heavy atom. The zero-order valence-corrected chi connectivity index (χ0v) is 53.1. The lowest BCUT2D eigenvalue weighted by Crippen LogP contribution is -2.33. The molecule has 468 valence electrons. The number of carbonyl (C=O) groups is 8. The summed E-state index contributed by atoms with van der Waals surface area (Å²) in [6.07, 6.45) is 17.5. The van der Waals surface area contributed by atoms with Crippen molar-refractivity contribution in [3.8, 4) is 0 Å². The fourth-order valence-corrected chi connectivity index (χ4v) is 12.7. The van der Waals surface area contributed by atoms with Crippen molar-refractivity contribution in [3.05, 3.63) is 170 Å². The van der Waals surface area contributed by atoms with Crippen LogP contribution in [0.4, 0.5) is 0 Å². The van der Waals surface area contributed by atoms with Crippen LogP contribution < -0.4 is 32.0 Å². The number of nitrogens with one attached hydrogen (secondary N) is 6. The SMILES string of the molecule is C=CC1=C(C)C(=O)N/C1=C\c1[nH]c(/C=c2\[nH]/c(=C/C3=NC(=O)C([C@H]4CC[C@@H]4C4=C(C)C(/C=c5\[nH]/c(=C/c6[nH]c(/C=C7\NC(=O)C(C)=C7C=C)c(C)c6CCC(=O)OC)c(CCC(=O)OC)c5C)=NC4=O)=C3C)c(C)c2CCC(=O)OC)c(CCC(=O)OC)c1C. The van der Waals surface area contributed by atoms with Gasteiger partial charge in [-0.25, -0.2) is 9.98 Å². The highest BCUT2D eigenvalue weighted by molar-refractivity contribution is 6.32. The van der Waals surface area contributed by atoms with Gasteiger partial charge in [0.25, 0.3) is 23.6 Å². The number of aromatic amines is 4. The summed E-state index contributed by atoms with van der Waals surface area (Å²) >= 11 is 0. The molecular formula is C70H76N8O12. The molecule has 4 aromatic rings. The van der Waals surface area contributed by atoms with Gasteiger partial charge in [0.15, 0.2) is 0 Å². The molecule has 20 heteroatoms. The van der Waals surface area contributed by atoms with E-state index in [1.165, 1.54) is 28.4 Å². The third-order valence-electron chi connectivity index (χ3n) is 18.2. The van der Waals surface area contributed by atoms with Gasteiger partial charge in [0.2, 0.25) is 0 Å². The van der Waals surface area contributed by atoms with E-state index in [0.29, 0.717) is 150 Å². The summed E-state index contributed by atoms with van der Waals surface area (Å²) in [7, 11) is 5.36. The maximum absolute atomic E-state index is 14.2. The molecule has 5 aliphatic rings. The predicted molar refractivity (Wildman–Crippen MR) is 343 cm³/mol. The average molecular weight is 1220 g/mol. The maximum Gasteiger partial charge on any atom is 0.305 e. The third-order valence-corrected chi connectivity index (χ3v) is 18.2. The van der Waals surface area contributed by atoms with Crippen LogP contribution in [-0.4, -0.2) is 107 Å². The summed E-state index contributed by atoms with van der Waals surface area (Å²) < 4.78 is 20.1. The Morgan fingerprint density at radius 3 is 1.08 bits per heavy atom. The number of methoxy groups -OCH3 is 4. The van der Waals surface area contributed by atoms with Crippen LogP contribution in [0.15, 0.2) is 91.3 Å². The molecule has 6 N–H and O–H groups in total. The minimum Gasteiger partial charge on any atom is -0.469 e. The Morgan fingerprint density at radius 1 is 0.433 bits per heavy atom. The minimum atomic E-state index is -0.392. The Hall–Kier alpha value is -9.98. The molecule has 4 aromatic heterocycles. The summed E-state index contributed by atoms with van der Waals surface area (Å²) in [5.41, 5.74) is 16.4. The van der Waals surface area contributed by atoms with E-state index in [0.717, 1.165) is 44.5 Å². The van der Waals surface area contributed by atoms with Crippen molar-refractivity contribution in [1.82, 2.24) is 30.6 Å². The monoisotopic (exact) mass is 1220 g/mol. The smallest absolute Gasteiger partial charge is 0.305 e. The van der Waals surface area contributed by atoms with Gasteiger partial charge in [-0.1, -0.05) is 25.3 Å². The molecule has 9 rings (SSSR count). The summed E-state index contributed by atoms with van der Waals surface area (Å²) in [6.45, 7) is 22.8. The zero-order valence-electron chi connectivity index (χ0n) is 53.1. The van der Waals surface area contributed by atoms with E-state index < -0.39 is 11.9 Å². The lowest BCUT2D eigenvalue weighted by molar-refractivity contribution is -0.141. The van der Waals surface area contributed by atoms with Crippen molar-refractivity contribution >= 4 is 95.4 Å². The first kappa shape index (κ1) is 64.5. The van der Waals surface area contributed by atoms with Crippen LogP contribution >= 0.6 is 0 Å². The molecule has 0 aromatic carbocycles. The fraction of sp³-hybridized carbons (Fsp3) is 0.343. The van der Waals surface area contributed by atoms with E-state index in [4.69, 9.17) is 18.9 Å². The third kappa shape index (κ3) is 12.7. The fourth-order valence-electron chi connectivity index (χ4n) is 12.7. The molecule has 0 radical (unpaired) electrons. The van der Waals surface area contributed by atoms with E-state index in [1.807, 2.05) is 78.0 Å². The van der Waals surface area contributed by atoms with Crippen LogP contribution in [0.2, 0.25) is 0 Å². The number of amides is 4. The Labute approximate surface area is 520 Å². The predicted octanol–water partition coefficient (Wildman–Crippen LogP) is 6.14. The van der Waals surface area contributed by atoms with Crippen LogP contribution in [0.25, 0.3) is 36.5 Å². The first-order chi connectivity index (χ1) is 42.9. The number of aliphatic imine (C=N–C) groups is 2. The number of ether oxygens (including phenoxy) is 4. The normalized spacial score (nSPS) is 19.3. The molecule has 90 heavy (non-hydrogen) atoms. The molecule has 8 heterocycles. The van der Waals surface area contributed by atoms with Gasteiger partial charge in [0, 0.05) is 103 Å². The standard InChI is InChI=1S/C70H76N8O12/c1-15-41-37(7)67(83)77-55(41)29-51-35(5)45(21-25-63(81)89-13)59(73-51)31-57-43(19-23-61(79)87-11)33(3)49(71-57)27-53-39(9)65(69(85)75-53)47-17-18-48(47)66-40(10)54(76-70(66)86)28-50-34(4)44(20-24-62(80)88-12)58(72-50)32-60-46(22-26-64(82)90-14)36(6)52(74-60)30-56-42(16-2)38(8)68(84)78-56/h15-16,27-32,47-48,71-74H,1-2,17-26H2,3-14H3,(H,77,83)(H,78,84)/b49-27-,50-28+,55-29-,56-30-,57-31+,58-32-/t47-,48-/m0/s1. The lowest BCUT2D eigenvalue weighted by Gasteiger charge is -2.38. The van der Waals surface area contributed by atoms with Crippen LogP contribution in [0.3, 0.4) is 0 Å². The molecule has 0 saturated heterocycles. The second kappa shape index (κ2) is 26.8. The number of esters is 4. The number of aromatic nitrogens is 4. The maximum atomic E-state index is 14.2. The number of allylic oxidation sites excluding steroid dienone is 4. The Bertz CT molecular complexity index is 4100. The Kier molecular flexibility index (Phi) is 19.2. The molecule has 1 saturated carbocycles. The van der Waals surface area contributed by atoms with Crippen LogP contribution in [0.1, 0.15) is 134 Å².